The molecule has 0 radical (unpaired) electrons. The van der Waals surface area contributed by atoms with Gasteiger partial charge in [-0.3, -0.25) is 9.69 Å². The Labute approximate surface area is 179 Å². The van der Waals surface area contributed by atoms with Gasteiger partial charge in [0, 0.05) is 51.4 Å². The summed E-state index contributed by atoms with van der Waals surface area (Å²) >= 11 is 0. The SMILES string of the molecule is CN(C)S(=O)(=O)c1ccc(C(=O)N2CCN(C3CC3)CC2Cc2ccccc2)cc1. The Morgan fingerprint density at radius 2 is 1.67 bits per heavy atom. The van der Waals surface area contributed by atoms with Crippen molar-refractivity contribution in [1.82, 2.24) is 14.1 Å². The molecule has 1 aliphatic heterocycles. The zero-order valence-corrected chi connectivity index (χ0v) is 18.4. The van der Waals surface area contributed by atoms with Gasteiger partial charge < -0.3 is 4.90 Å². The number of hydrogen-bond acceptors (Lipinski definition) is 4. The van der Waals surface area contributed by atoms with Crippen molar-refractivity contribution in [3.63, 3.8) is 0 Å². The summed E-state index contributed by atoms with van der Waals surface area (Å²) in [6.45, 7) is 2.48. The molecule has 0 N–H and O–H groups in total. The minimum absolute atomic E-state index is 0.0276. The van der Waals surface area contributed by atoms with Crippen LogP contribution in [0.4, 0.5) is 0 Å². The molecule has 1 aliphatic carbocycles. The summed E-state index contributed by atoms with van der Waals surface area (Å²) in [7, 11) is -0.500. The lowest BCUT2D eigenvalue weighted by molar-refractivity contribution is 0.0437. The van der Waals surface area contributed by atoms with Crippen LogP contribution in [-0.4, -0.2) is 74.2 Å². The highest BCUT2D eigenvalue weighted by Gasteiger charge is 2.37. The molecular formula is C23H29N3O3S. The molecular weight excluding hydrogens is 398 g/mol. The van der Waals surface area contributed by atoms with Crippen molar-refractivity contribution in [1.29, 1.82) is 0 Å². The molecule has 2 aromatic carbocycles. The number of carbonyl (C=O) groups excluding carboxylic acids is 1. The van der Waals surface area contributed by atoms with Crippen LogP contribution in [0.15, 0.2) is 59.5 Å². The summed E-state index contributed by atoms with van der Waals surface area (Å²) in [4.78, 5) is 18.0. The zero-order chi connectivity index (χ0) is 21.3. The van der Waals surface area contributed by atoms with Crippen molar-refractivity contribution >= 4 is 15.9 Å². The first kappa shape index (κ1) is 21.0. The first-order chi connectivity index (χ1) is 14.4. The molecule has 0 aromatic heterocycles. The fourth-order valence-corrected chi connectivity index (χ4v) is 5.03. The molecule has 2 aliphatic rings. The number of carbonyl (C=O) groups is 1. The highest BCUT2D eigenvalue weighted by Crippen LogP contribution is 2.30. The number of nitrogens with zero attached hydrogens (tertiary/aromatic N) is 3. The Bertz CT molecular complexity index is 986. The molecule has 30 heavy (non-hydrogen) atoms. The highest BCUT2D eigenvalue weighted by molar-refractivity contribution is 7.89. The van der Waals surface area contributed by atoms with Crippen LogP contribution in [0.25, 0.3) is 0 Å². The fraction of sp³-hybridized carbons (Fsp3) is 0.435. The molecule has 2 fully saturated rings. The van der Waals surface area contributed by atoms with Gasteiger partial charge in [-0.1, -0.05) is 30.3 Å². The van der Waals surface area contributed by atoms with E-state index in [2.05, 4.69) is 17.0 Å². The minimum atomic E-state index is -3.50. The first-order valence-electron chi connectivity index (χ1n) is 10.5. The molecule has 4 rings (SSSR count). The molecule has 6 nitrogen and oxygen atoms in total. The maximum absolute atomic E-state index is 13.3. The number of amides is 1. The van der Waals surface area contributed by atoms with Crippen molar-refractivity contribution in [2.45, 2.75) is 36.2 Å². The third kappa shape index (κ3) is 4.43. The van der Waals surface area contributed by atoms with Crippen LogP contribution in [0.2, 0.25) is 0 Å². The van der Waals surface area contributed by atoms with Gasteiger partial charge in [0.15, 0.2) is 0 Å². The standard InChI is InChI=1S/C23H29N3O3S/c1-24(2)30(28,29)22-12-8-19(9-13-22)23(27)26-15-14-25(20-10-11-20)17-21(26)16-18-6-4-3-5-7-18/h3-9,12-13,20-21H,10-11,14-17H2,1-2H3. The monoisotopic (exact) mass is 427 g/mol. The molecule has 1 unspecified atom stereocenters. The average Bonchev–Trinajstić information content (AvgIpc) is 3.59. The summed E-state index contributed by atoms with van der Waals surface area (Å²) < 4.78 is 25.8. The summed E-state index contributed by atoms with van der Waals surface area (Å²) in [5.41, 5.74) is 1.76. The van der Waals surface area contributed by atoms with E-state index >= 15 is 0 Å². The maximum Gasteiger partial charge on any atom is 0.254 e. The Morgan fingerprint density at radius 1 is 1.00 bits per heavy atom. The molecule has 7 heteroatoms. The van der Waals surface area contributed by atoms with E-state index in [1.807, 2.05) is 23.1 Å². The largest absolute Gasteiger partial charge is 0.333 e. The summed E-state index contributed by atoms with van der Waals surface area (Å²) in [6.07, 6.45) is 3.34. The van der Waals surface area contributed by atoms with Crippen molar-refractivity contribution in [3.05, 3.63) is 65.7 Å². The molecule has 2 aromatic rings. The van der Waals surface area contributed by atoms with Crippen LogP contribution in [0.5, 0.6) is 0 Å². The lowest BCUT2D eigenvalue weighted by Gasteiger charge is -2.42. The fourth-order valence-electron chi connectivity index (χ4n) is 4.13. The van der Waals surface area contributed by atoms with E-state index < -0.39 is 10.0 Å². The van der Waals surface area contributed by atoms with Crippen molar-refractivity contribution < 1.29 is 13.2 Å². The topological polar surface area (TPSA) is 60.9 Å². The van der Waals surface area contributed by atoms with Gasteiger partial charge in [0.05, 0.1) is 4.90 Å². The van der Waals surface area contributed by atoms with E-state index in [0.29, 0.717) is 18.2 Å². The van der Waals surface area contributed by atoms with Gasteiger partial charge in [-0.2, -0.15) is 0 Å². The number of benzene rings is 2. The third-order valence-corrected chi connectivity index (χ3v) is 7.86. The van der Waals surface area contributed by atoms with E-state index in [1.165, 1.54) is 48.9 Å². The van der Waals surface area contributed by atoms with E-state index in [4.69, 9.17) is 0 Å². The number of hydrogen-bond donors (Lipinski definition) is 0. The van der Waals surface area contributed by atoms with Gasteiger partial charge in [0.1, 0.15) is 0 Å². The average molecular weight is 428 g/mol. The van der Waals surface area contributed by atoms with Crippen LogP contribution < -0.4 is 0 Å². The normalized spacial score (nSPS) is 20.5. The second-order valence-electron chi connectivity index (χ2n) is 8.38. The van der Waals surface area contributed by atoms with Crippen LogP contribution in [0, 0.1) is 0 Å². The number of piperazine rings is 1. The lowest BCUT2D eigenvalue weighted by atomic mass is 10.0. The Kier molecular flexibility index (Phi) is 5.95. The molecule has 1 saturated heterocycles. The maximum atomic E-state index is 13.3. The van der Waals surface area contributed by atoms with Gasteiger partial charge in [-0.15, -0.1) is 0 Å². The lowest BCUT2D eigenvalue weighted by Crippen LogP contribution is -2.56. The molecule has 160 valence electrons. The van der Waals surface area contributed by atoms with Crippen LogP contribution in [-0.2, 0) is 16.4 Å². The van der Waals surface area contributed by atoms with Crippen molar-refractivity contribution in [2.75, 3.05) is 33.7 Å². The predicted molar refractivity (Wildman–Crippen MR) is 117 cm³/mol. The van der Waals surface area contributed by atoms with Crippen molar-refractivity contribution in [2.24, 2.45) is 0 Å². The van der Waals surface area contributed by atoms with E-state index in [1.54, 1.807) is 12.1 Å². The number of sulfonamides is 1. The van der Waals surface area contributed by atoms with E-state index in [-0.39, 0.29) is 16.8 Å². The smallest absolute Gasteiger partial charge is 0.254 e. The quantitative estimate of drug-likeness (QED) is 0.711. The first-order valence-corrected chi connectivity index (χ1v) is 11.9. The van der Waals surface area contributed by atoms with Gasteiger partial charge in [-0.25, -0.2) is 12.7 Å². The molecule has 0 spiro atoms. The zero-order valence-electron chi connectivity index (χ0n) is 17.6. The van der Waals surface area contributed by atoms with Crippen LogP contribution in [0.3, 0.4) is 0 Å². The summed E-state index contributed by atoms with van der Waals surface area (Å²) in [5.74, 6) is -0.0276. The molecule has 1 amide bonds. The summed E-state index contributed by atoms with van der Waals surface area (Å²) in [6, 6.07) is 17.4. The van der Waals surface area contributed by atoms with Crippen LogP contribution >= 0.6 is 0 Å². The number of rotatable bonds is 6. The third-order valence-electron chi connectivity index (χ3n) is 6.03. The highest BCUT2D eigenvalue weighted by atomic mass is 32.2. The van der Waals surface area contributed by atoms with Gasteiger partial charge in [-0.05, 0) is 49.1 Å². The molecule has 1 saturated carbocycles. The molecule has 0 bridgehead atoms. The predicted octanol–water partition coefficient (Wildman–Crippen LogP) is 2.47. The Morgan fingerprint density at radius 3 is 2.27 bits per heavy atom. The molecule has 1 heterocycles. The second-order valence-corrected chi connectivity index (χ2v) is 10.5. The van der Waals surface area contributed by atoms with E-state index in [9.17, 15) is 13.2 Å². The summed E-state index contributed by atoms with van der Waals surface area (Å²) in [5, 5.41) is 0. The minimum Gasteiger partial charge on any atom is -0.333 e. The Balaban J connectivity index is 1.54. The second kappa shape index (κ2) is 8.49. The van der Waals surface area contributed by atoms with Gasteiger partial charge in [0.2, 0.25) is 10.0 Å². The van der Waals surface area contributed by atoms with E-state index in [0.717, 1.165) is 19.5 Å². The van der Waals surface area contributed by atoms with Gasteiger partial charge >= 0.3 is 0 Å². The molecule has 1 atom stereocenters. The van der Waals surface area contributed by atoms with Crippen molar-refractivity contribution in [3.8, 4) is 0 Å². The Hall–Kier alpha value is -2.22. The van der Waals surface area contributed by atoms with Crippen LogP contribution in [0.1, 0.15) is 28.8 Å². The van der Waals surface area contributed by atoms with Gasteiger partial charge in [0.25, 0.3) is 5.91 Å².